The number of rotatable bonds is 3. The third-order valence-electron chi connectivity index (χ3n) is 4.96. The van der Waals surface area contributed by atoms with Crippen molar-refractivity contribution >= 4 is 21.6 Å². The van der Waals surface area contributed by atoms with E-state index >= 15 is 0 Å². The molecule has 4 nitrogen and oxygen atoms in total. The standard InChI is InChI=1S/C23H18N4S/c1-15-11-18(17-7-4-3-5-8-17)12-16(2)21(15)27-23(24-13-26-27)19-9-6-10-20-22(19)28-14-25-20/h3-14H,1-2H3. The summed E-state index contributed by atoms with van der Waals surface area (Å²) < 4.78 is 3.08. The first-order chi connectivity index (χ1) is 13.7. The summed E-state index contributed by atoms with van der Waals surface area (Å²) in [4.78, 5) is 9.02. The van der Waals surface area contributed by atoms with E-state index in [0.717, 1.165) is 27.3 Å². The zero-order valence-electron chi connectivity index (χ0n) is 15.6. The first-order valence-corrected chi connectivity index (χ1v) is 10.00. The number of benzene rings is 3. The average Bonchev–Trinajstić information content (AvgIpc) is 3.37. The van der Waals surface area contributed by atoms with Gasteiger partial charge in [-0.1, -0.05) is 36.4 Å². The largest absolute Gasteiger partial charge is 0.245 e. The van der Waals surface area contributed by atoms with Gasteiger partial charge in [0.1, 0.15) is 6.33 Å². The van der Waals surface area contributed by atoms with Crippen LogP contribution in [0.5, 0.6) is 0 Å². The fourth-order valence-corrected chi connectivity index (χ4v) is 4.54. The topological polar surface area (TPSA) is 43.6 Å². The Bertz CT molecular complexity index is 1260. The Hall–Kier alpha value is -3.31. The van der Waals surface area contributed by atoms with E-state index in [-0.39, 0.29) is 0 Å². The van der Waals surface area contributed by atoms with Crippen molar-refractivity contribution in [3.63, 3.8) is 0 Å². The lowest BCUT2D eigenvalue weighted by atomic mass is 9.99. The monoisotopic (exact) mass is 382 g/mol. The van der Waals surface area contributed by atoms with Gasteiger partial charge in [-0.05, 0) is 60.4 Å². The fraction of sp³-hybridized carbons (Fsp3) is 0.0870. The second-order valence-corrected chi connectivity index (χ2v) is 7.68. The summed E-state index contributed by atoms with van der Waals surface area (Å²) in [6.07, 6.45) is 1.62. The molecule has 0 aliphatic heterocycles. The molecule has 0 aliphatic rings. The van der Waals surface area contributed by atoms with E-state index in [1.54, 1.807) is 17.7 Å². The molecule has 0 aliphatic carbocycles. The summed E-state index contributed by atoms with van der Waals surface area (Å²) in [5.74, 6) is 0.841. The molecule has 0 radical (unpaired) electrons. The quantitative estimate of drug-likeness (QED) is 0.394. The first kappa shape index (κ1) is 16.8. The van der Waals surface area contributed by atoms with Crippen molar-refractivity contribution in [3.05, 3.63) is 83.6 Å². The fourth-order valence-electron chi connectivity index (χ4n) is 3.74. The molecule has 0 atom stereocenters. The number of hydrogen-bond donors (Lipinski definition) is 0. The van der Waals surface area contributed by atoms with Crippen LogP contribution < -0.4 is 0 Å². The predicted octanol–water partition coefficient (Wildman–Crippen LogP) is 5.83. The molecule has 0 saturated carbocycles. The number of nitrogens with zero attached hydrogens (tertiary/aromatic N) is 4. The zero-order chi connectivity index (χ0) is 19.1. The lowest BCUT2D eigenvalue weighted by molar-refractivity contribution is 0.872. The summed E-state index contributed by atoms with van der Waals surface area (Å²) in [6, 6.07) is 21.0. The van der Waals surface area contributed by atoms with Crippen LogP contribution in [0.15, 0.2) is 72.5 Å². The van der Waals surface area contributed by atoms with Gasteiger partial charge in [0.25, 0.3) is 0 Å². The maximum Gasteiger partial charge on any atom is 0.164 e. The minimum Gasteiger partial charge on any atom is -0.245 e. The van der Waals surface area contributed by atoms with Crippen LogP contribution in [0.4, 0.5) is 0 Å². The second kappa shape index (κ2) is 6.69. The molecule has 3 aromatic carbocycles. The molecule has 0 fully saturated rings. The van der Waals surface area contributed by atoms with Crippen molar-refractivity contribution in [1.29, 1.82) is 0 Å². The van der Waals surface area contributed by atoms with E-state index in [4.69, 9.17) is 0 Å². The van der Waals surface area contributed by atoms with Crippen molar-refractivity contribution < 1.29 is 0 Å². The van der Waals surface area contributed by atoms with E-state index < -0.39 is 0 Å². The molecule has 0 N–H and O–H groups in total. The van der Waals surface area contributed by atoms with Gasteiger partial charge in [-0.25, -0.2) is 14.6 Å². The van der Waals surface area contributed by atoms with Gasteiger partial charge in [0.2, 0.25) is 0 Å². The molecule has 136 valence electrons. The minimum atomic E-state index is 0.841. The van der Waals surface area contributed by atoms with Crippen molar-refractivity contribution in [2.24, 2.45) is 0 Å². The maximum atomic E-state index is 4.59. The highest BCUT2D eigenvalue weighted by atomic mass is 32.1. The molecule has 0 saturated heterocycles. The molecule has 0 spiro atoms. The normalized spacial score (nSPS) is 11.2. The van der Waals surface area contributed by atoms with E-state index in [0.29, 0.717) is 0 Å². The smallest absolute Gasteiger partial charge is 0.164 e. The van der Waals surface area contributed by atoms with Gasteiger partial charge in [0.15, 0.2) is 5.82 Å². The third kappa shape index (κ3) is 2.72. The molecule has 28 heavy (non-hydrogen) atoms. The molecule has 0 amide bonds. The predicted molar refractivity (Wildman–Crippen MR) is 115 cm³/mol. The molecule has 5 rings (SSSR count). The van der Waals surface area contributed by atoms with Crippen molar-refractivity contribution in [2.45, 2.75) is 13.8 Å². The number of aromatic nitrogens is 4. The van der Waals surface area contributed by atoms with Gasteiger partial charge in [-0.3, -0.25) is 0 Å². The summed E-state index contributed by atoms with van der Waals surface area (Å²) in [7, 11) is 0. The highest BCUT2D eigenvalue weighted by Crippen LogP contribution is 2.33. The SMILES string of the molecule is Cc1cc(-c2ccccc2)cc(C)c1-n1ncnc1-c1cccc2ncsc12. The van der Waals surface area contributed by atoms with E-state index in [1.165, 1.54) is 22.3 Å². The number of fused-ring (bicyclic) bond motifs is 1. The van der Waals surface area contributed by atoms with Gasteiger partial charge >= 0.3 is 0 Å². The average molecular weight is 382 g/mol. The lowest BCUT2D eigenvalue weighted by Crippen LogP contribution is -2.05. The van der Waals surface area contributed by atoms with Gasteiger partial charge in [0.05, 0.1) is 21.4 Å². The number of thiazole rings is 1. The summed E-state index contributed by atoms with van der Waals surface area (Å²) in [5, 5.41) is 4.57. The van der Waals surface area contributed by atoms with Crippen LogP contribution in [0.2, 0.25) is 0 Å². The zero-order valence-corrected chi connectivity index (χ0v) is 16.4. The maximum absolute atomic E-state index is 4.59. The molecular weight excluding hydrogens is 364 g/mol. The first-order valence-electron chi connectivity index (χ1n) is 9.12. The minimum absolute atomic E-state index is 0.841. The van der Waals surface area contributed by atoms with Crippen LogP contribution in [0, 0.1) is 13.8 Å². The summed E-state index contributed by atoms with van der Waals surface area (Å²) in [6.45, 7) is 4.26. The van der Waals surface area contributed by atoms with Crippen LogP contribution >= 0.6 is 11.3 Å². The second-order valence-electron chi connectivity index (χ2n) is 6.83. The van der Waals surface area contributed by atoms with Gasteiger partial charge in [0, 0.05) is 5.56 Å². The molecule has 0 bridgehead atoms. The van der Waals surface area contributed by atoms with Gasteiger partial charge in [-0.15, -0.1) is 11.3 Å². The van der Waals surface area contributed by atoms with Crippen molar-refractivity contribution in [3.8, 4) is 28.2 Å². The van der Waals surface area contributed by atoms with Crippen molar-refractivity contribution in [2.75, 3.05) is 0 Å². The highest BCUT2D eigenvalue weighted by Gasteiger charge is 2.17. The highest BCUT2D eigenvalue weighted by molar-refractivity contribution is 7.17. The molecule has 2 aromatic heterocycles. The summed E-state index contributed by atoms with van der Waals surface area (Å²) >= 11 is 1.63. The van der Waals surface area contributed by atoms with Crippen molar-refractivity contribution in [1.82, 2.24) is 19.7 Å². The van der Waals surface area contributed by atoms with Crippen LogP contribution in [-0.4, -0.2) is 19.7 Å². The lowest BCUT2D eigenvalue weighted by Gasteiger charge is -2.15. The van der Waals surface area contributed by atoms with E-state index in [9.17, 15) is 0 Å². The van der Waals surface area contributed by atoms with Crippen LogP contribution in [0.3, 0.4) is 0 Å². The van der Waals surface area contributed by atoms with Gasteiger partial charge in [-0.2, -0.15) is 5.10 Å². The number of aryl methyl sites for hydroxylation is 2. The number of hydrogen-bond acceptors (Lipinski definition) is 4. The molecule has 0 unspecified atom stereocenters. The van der Waals surface area contributed by atoms with Gasteiger partial charge < -0.3 is 0 Å². The molecule has 2 heterocycles. The molecular formula is C23H18N4S. The Morgan fingerprint density at radius 1 is 0.821 bits per heavy atom. The molecule has 5 heteroatoms. The van der Waals surface area contributed by atoms with E-state index in [2.05, 4.69) is 71.4 Å². The Kier molecular flexibility index (Phi) is 4.02. The van der Waals surface area contributed by atoms with E-state index in [1.807, 2.05) is 28.4 Å². The summed E-state index contributed by atoms with van der Waals surface area (Å²) in [5.41, 5.74) is 9.77. The third-order valence-corrected chi connectivity index (χ3v) is 5.83. The van der Waals surface area contributed by atoms with Crippen LogP contribution in [-0.2, 0) is 0 Å². The Labute approximate surface area is 167 Å². The van der Waals surface area contributed by atoms with Crippen LogP contribution in [0.25, 0.3) is 38.4 Å². The van der Waals surface area contributed by atoms with Crippen LogP contribution in [0.1, 0.15) is 11.1 Å². The Balaban J connectivity index is 1.68. The Morgan fingerprint density at radius 2 is 1.61 bits per heavy atom. The molecule has 5 aromatic rings. The Morgan fingerprint density at radius 3 is 2.39 bits per heavy atom.